The molecule has 0 saturated carbocycles. The van der Waals surface area contributed by atoms with Crippen molar-refractivity contribution in [3.05, 3.63) is 9.81 Å². The summed E-state index contributed by atoms with van der Waals surface area (Å²) in [5.74, 6) is 0. The zero-order valence-electron chi connectivity index (χ0n) is 4.93. The molecule has 0 atom stereocenters. The highest BCUT2D eigenvalue weighted by Crippen LogP contribution is 2.07. The van der Waals surface area contributed by atoms with Crippen molar-refractivity contribution in [1.29, 1.82) is 0 Å². The van der Waals surface area contributed by atoms with E-state index in [0.29, 0.717) is 10.0 Å². The van der Waals surface area contributed by atoms with E-state index in [9.17, 15) is 14.6 Å². The fraction of sp³-hybridized carbons (Fsp3) is 0.667. The molecule has 0 aromatic rings. The summed E-state index contributed by atoms with van der Waals surface area (Å²) in [7, 11) is 0. The zero-order valence-corrected chi connectivity index (χ0v) is 4.93. The number of nitroso groups, excluding NO2 is 2. The second-order valence-electron chi connectivity index (χ2n) is 1.69. The Morgan fingerprint density at radius 1 is 1.10 bits per heavy atom. The summed E-state index contributed by atoms with van der Waals surface area (Å²) in [6.07, 6.45) is 0. The molecule has 54 valence electrons. The van der Waals surface area contributed by atoms with Gasteiger partial charge in [0.2, 0.25) is 0 Å². The Hall–Kier alpha value is -1.53. The van der Waals surface area contributed by atoms with Gasteiger partial charge in [-0.25, -0.2) is 4.79 Å². The average molecular weight is 144 g/mol. The van der Waals surface area contributed by atoms with Gasteiger partial charge in [-0.2, -0.15) is 10.0 Å². The van der Waals surface area contributed by atoms with E-state index in [1.165, 1.54) is 0 Å². The highest BCUT2D eigenvalue weighted by Gasteiger charge is 2.30. The van der Waals surface area contributed by atoms with E-state index in [0.717, 1.165) is 0 Å². The minimum Gasteiger partial charge on any atom is -0.244 e. The molecular formula is C3H4N4O3. The minimum absolute atomic E-state index is 0.133. The van der Waals surface area contributed by atoms with E-state index >= 15 is 0 Å². The third kappa shape index (κ3) is 0.809. The van der Waals surface area contributed by atoms with E-state index in [1.807, 2.05) is 0 Å². The Balaban J connectivity index is 2.66. The van der Waals surface area contributed by atoms with Crippen molar-refractivity contribution in [2.24, 2.45) is 10.6 Å². The van der Waals surface area contributed by atoms with Crippen LogP contribution in [0.25, 0.3) is 0 Å². The van der Waals surface area contributed by atoms with Crippen molar-refractivity contribution in [1.82, 2.24) is 10.0 Å². The summed E-state index contributed by atoms with van der Waals surface area (Å²) in [5, 5.41) is 6.00. The van der Waals surface area contributed by atoms with Crippen LogP contribution in [0.1, 0.15) is 0 Å². The molecule has 0 radical (unpaired) electrons. The van der Waals surface area contributed by atoms with Crippen LogP contribution in [0.3, 0.4) is 0 Å². The highest BCUT2D eigenvalue weighted by molar-refractivity contribution is 5.75. The quantitative estimate of drug-likeness (QED) is 0.514. The molecule has 1 aliphatic rings. The molecule has 0 bridgehead atoms. The monoisotopic (exact) mass is 144 g/mol. The van der Waals surface area contributed by atoms with Crippen molar-refractivity contribution >= 4 is 6.03 Å². The summed E-state index contributed by atoms with van der Waals surface area (Å²) < 4.78 is 0. The first-order chi connectivity index (χ1) is 4.79. The maximum atomic E-state index is 10.6. The molecule has 10 heavy (non-hydrogen) atoms. The first-order valence-electron chi connectivity index (χ1n) is 2.55. The van der Waals surface area contributed by atoms with Crippen LogP contribution in [0.2, 0.25) is 0 Å². The molecule has 1 saturated heterocycles. The van der Waals surface area contributed by atoms with Gasteiger partial charge in [-0.15, -0.1) is 9.81 Å². The van der Waals surface area contributed by atoms with E-state index in [-0.39, 0.29) is 13.1 Å². The van der Waals surface area contributed by atoms with Crippen molar-refractivity contribution in [3.8, 4) is 0 Å². The molecule has 7 heteroatoms. The lowest BCUT2D eigenvalue weighted by Gasteiger charge is -2.01. The minimum atomic E-state index is -0.759. The second-order valence-corrected chi connectivity index (χ2v) is 1.69. The number of carbonyl (C=O) groups is 1. The van der Waals surface area contributed by atoms with Crippen LogP contribution in [0, 0.1) is 9.81 Å². The van der Waals surface area contributed by atoms with Gasteiger partial charge in [0.05, 0.1) is 23.7 Å². The Kier molecular flexibility index (Phi) is 1.57. The van der Waals surface area contributed by atoms with E-state index in [1.54, 1.807) is 0 Å². The lowest BCUT2D eigenvalue weighted by Crippen LogP contribution is -2.23. The number of carbonyl (C=O) groups excluding carboxylic acids is 1. The predicted octanol–water partition coefficient (Wildman–Crippen LogP) is 0.0868. The second kappa shape index (κ2) is 2.38. The lowest BCUT2D eigenvalue weighted by atomic mass is 10.7. The fourth-order valence-electron chi connectivity index (χ4n) is 0.665. The van der Waals surface area contributed by atoms with Crippen LogP contribution < -0.4 is 0 Å². The zero-order chi connectivity index (χ0) is 7.56. The van der Waals surface area contributed by atoms with Crippen LogP contribution in [-0.2, 0) is 0 Å². The fourth-order valence-corrected chi connectivity index (χ4v) is 0.665. The summed E-state index contributed by atoms with van der Waals surface area (Å²) >= 11 is 0. The van der Waals surface area contributed by atoms with Crippen molar-refractivity contribution in [2.45, 2.75) is 0 Å². The summed E-state index contributed by atoms with van der Waals surface area (Å²) in [6.45, 7) is 0.266. The molecule has 0 spiro atoms. The largest absolute Gasteiger partial charge is 0.366 e. The molecule has 0 unspecified atom stereocenters. The number of nitrogens with zero attached hydrogens (tertiary/aromatic N) is 4. The smallest absolute Gasteiger partial charge is 0.244 e. The predicted molar refractivity (Wildman–Crippen MR) is 30.4 cm³/mol. The van der Waals surface area contributed by atoms with Gasteiger partial charge in [-0.3, -0.25) is 0 Å². The normalized spacial score (nSPS) is 17.8. The van der Waals surface area contributed by atoms with Crippen LogP contribution in [-0.4, -0.2) is 29.1 Å². The molecule has 1 heterocycles. The van der Waals surface area contributed by atoms with Gasteiger partial charge in [-0.1, -0.05) is 0 Å². The van der Waals surface area contributed by atoms with E-state index < -0.39 is 6.03 Å². The van der Waals surface area contributed by atoms with Gasteiger partial charge < -0.3 is 0 Å². The topological polar surface area (TPSA) is 82.4 Å². The van der Waals surface area contributed by atoms with Crippen LogP contribution in [0.4, 0.5) is 4.79 Å². The molecule has 0 N–H and O–H groups in total. The Morgan fingerprint density at radius 3 is 1.70 bits per heavy atom. The molecule has 0 aromatic carbocycles. The maximum absolute atomic E-state index is 10.6. The highest BCUT2D eigenvalue weighted by atomic mass is 16.3. The third-order valence-electron chi connectivity index (χ3n) is 1.16. The molecule has 7 nitrogen and oxygen atoms in total. The number of urea groups is 1. The average Bonchev–Trinajstić information content (AvgIpc) is 2.30. The van der Waals surface area contributed by atoms with Crippen molar-refractivity contribution in [3.63, 3.8) is 0 Å². The molecule has 2 amide bonds. The summed E-state index contributed by atoms with van der Waals surface area (Å²) in [4.78, 5) is 30.2. The number of hydrogen-bond donors (Lipinski definition) is 0. The molecular weight excluding hydrogens is 140 g/mol. The summed E-state index contributed by atoms with van der Waals surface area (Å²) in [6, 6.07) is -0.759. The van der Waals surface area contributed by atoms with E-state index in [4.69, 9.17) is 0 Å². The maximum Gasteiger partial charge on any atom is 0.366 e. The van der Waals surface area contributed by atoms with Crippen LogP contribution >= 0.6 is 0 Å². The van der Waals surface area contributed by atoms with Crippen molar-refractivity contribution in [2.75, 3.05) is 13.1 Å². The van der Waals surface area contributed by atoms with Gasteiger partial charge in [0, 0.05) is 0 Å². The van der Waals surface area contributed by atoms with Gasteiger partial charge in [-0.05, 0) is 0 Å². The molecule has 1 aliphatic heterocycles. The first-order valence-corrected chi connectivity index (χ1v) is 2.55. The Morgan fingerprint density at radius 2 is 1.50 bits per heavy atom. The molecule has 0 aliphatic carbocycles. The number of hydrogen-bond acceptors (Lipinski definition) is 5. The summed E-state index contributed by atoms with van der Waals surface area (Å²) in [5.41, 5.74) is 0. The van der Waals surface area contributed by atoms with Crippen LogP contribution in [0.5, 0.6) is 0 Å². The van der Waals surface area contributed by atoms with Gasteiger partial charge in [0.15, 0.2) is 0 Å². The van der Waals surface area contributed by atoms with Crippen LogP contribution in [0.15, 0.2) is 10.6 Å². The number of amides is 2. The van der Waals surface area contributed by atoms with Crippen molar-refractivity contribution < 1.29 is 4.79 Å². The Labute approximate surface area is 55.5 Å². The number of rotatable bonds is 2. The molecule has 1 rings (SSSR count). The Bertz CT molecular complexity index is 163. The molecule has 0 aromatic heterocycles. The standard InChI is InChI=1S/C3H4N4O3/c8-3-6(4-9)1-2-7(3)5-10/h1-2H2. The third-order valence-corrected chi connectivity index (χ3v) is 1.16. The van der Waals surface area contributed by atoms with Gasteiger partial charge in [0.1, 0.15) is 0 Å². The SMILES string of the molecule is O=NN1CCN(N=O)C1=O. The van der Waals surface area contributed by atoms with Gasteiger partial charge in [0.25, 0.3) is 0 Å². The molecule has 1 fully saturated rings. The first kappa shape index (κ1) is 6.59. The van der Waals surface area contributed by atoms with Gasteiger partial charge >= 0.3 is 6.03 Å². The van der Waals surface area contributed by atoms with E-state index in [2.05, 4.69) is 10.6 Å². The lowest BCUT2D eigenvalue weighted by molar-refractivity contribution is 0.194.